The van der Waals surface area contributed by atoms with Gasteiger partial charge < -0.3 is 34.7 Å². The first-order valence-electron chi connectivity index (χ1n) is 16.2. The Morgan fingerprint density at radius 2 is 1.90 bits per heavy atom. The molecule has 2 aliphatic heterocycles. The number of carbonyl (C=O) groups excluding carboxylic acids is 3. The molecule has 0 radical (unpaired) electrons. The van der Waals surface area contributed by atoms with Gasteiger partial charge in [0.15, 0.2) is 5.60 Å². The molecular formula is C36H38N6O8. The van der Waals surface area contributed by atoms with Crippen LogP contribution in [0.1, 0.15) is 46.7 Å². The highest BCUT2D eigenvalue weighted by Crippen LogP contribution is 2.40. The second kappa shape index (κ2) is 14.2. The number of hydroxylamine groups is 1. The molecule has 0 bridgehead atoms. The molecule has 2 amide bonds. The van der Waals surface area contributed by atoms with Crippen molar-refractivity contribution in [2.45, 2.75) is 45.2 Å². The summed E-state index contributed by atoms with van der Waals surface area (Å²) in [4.78, 5) is 56.9. The molecule has 50 heavy (non-hydrogen) atoms. The minimum Gasteiger partial charge on any atom is -0.458 e. The van der Waals surface area contributed by atoms with Crippen molar-refractivity contribution in [2.24, 2.45) is 0 Å². The molecule has 14 nitrogen and oxygen atoms in total. The van der Waals surface area contributed by atoms with E-state index in [0.717, 1.165) is 27.6 Å². The average molecular weight is 683 g/mol. The first kappa shape index (κ1) is 34.5. The van der Waals surface area contributed by atoms with E-state index >= 15 is 0 Å². The first-order valence-corrected chi connectivity index (χ1v) is 16.2. The van der Waals surface area contributed by atoms with Gasteiger partial charge in [-0.3, -0.25) is 14.8 Å². The molecule has 2 aliphatic rings. The van der Waals surface area contributed by atoms with Crippen molar-refractivity contribution >= 4 is 34.9 Å². The van der Waals surface area contributed by atoms with Crippen LogP contribution in [0, 0.1) is 0 Å². The monoisotopic (exact) mass is 682 g/mol. The Bertz CT molecular complexity index is 2070. The predicted octanol–water partition coefficient (Wildman–Crippen LogP) is 2.54. The summed E-state index contributed by atoms with van der Waals surface area (Å²) in [5, 5.41) is 26.5. The molecule has 1 atom stereocenters. The number of rotatable bonds is 11. The van der Waals surface area contributed by atoms with Gasteiger partial charge in [0.2, 0.25) is 0 Å². The molecule has 2 aromatic carbocycles. The number of hydrogen-bond acceptors (Lipinski definition) is 11. The SMILES string of the molecule is CC[C@@]1(O)C(=O)OCc2c1cc1n(c2=O)Cc2cc3c(CN(C)C)c(OC(=O)NCCNCc4ccc(C=CC(=O)NO)cc4)ccc3nc2-1. The quantitative estimate of drug-likeness (QED) is 0.0454. The van der Waals surface area contributed by atoms with Crippen LogP contribution in [0.4, 0.5) is 4.79 Å². The third kappa shape index (κ3) is 6.73. The van der Waals surface area contributed by atoms with Gasteiger partial charge in [0.25, 0.3) is 11.5 Å². The normalized spacial score (nSPS) is 16.2. The topological polar surface area (TPSA) is 184 Å². The number of ether oxygens (including phenoxy) is 2. The van der Waals surface area contributed by atoms with Crippen LogP contribution in [0.15, 0.2) is 59.4 Å². The van der Waals surface area contributed by atoms with E-state index in [4.69, 9.17) is 19.7 Å². The van der Waals surface area contributed by atoms with E-state index in [1.807, 2.05) is 49.3 Å². The van der Waals surface area contributed by atoms with Crippen LogP contribution < -0.4 is 26.4 Å². The zero-order chi connectivity index (χ0) is 35.6. The Kier molecular flexibility index (Phi) is 9.79. The summed E-state index contributed by atoms with van der Waals surface area (Å²) in [5.41, 5.74) is 4.94. The van der Waals surface area contributed by atoms with Crippen LogP contribution in [0.25, 0.3) is 28.4 Å². The third-order valence-electron chi connectivity index (χ3n) is 8.85. The molecule has 0 spiro atoms. The lowest BCUT2D eigenvalue weighted by molar-refractivity contribution is -0.172. The van der Waals surface area contributed by atoms with Crippen LogP contribution in [0.3, 0.4) is 0 Å². The summed E-state index contributed by atoms with van der Waals surface area (Å²) in [6.07, 6.45) is 2.27. The Morgan fingerprint density at radius 3 is 2.62 bits per heavy atom. The van der Waals surface area contributed by atoms with Crippen LogP contribution >= 0.6 is 0 Å². The highest BCUT2D eigenvalue weighted by molar-refractivity contribution is 5.91. The van der Waals surface area contributed by atoms with Crippen molar-refractivity contribution in [3.05, 3.63) is 98.3 Å². The Morgan fingerprint density at radius 1 is 1.12 bits per heavy atom. The van der Waals surface area contributed by atoms with E-state index in [1.54, 1.807) is 41.2 Å². The van der Waals surface area contributed by atoms with Gasteiger partial charge in [0, 0.05) is 54.3 Å². The largest absolute Gasteiger partial charge is 0.458 e. The van der Waals surface area contributed by atoms with Gasteiger partial charge in [0.1, 0.15) is 12.4 Å². The number of cyclic esters (lactones) is 1. The lowest BCUT2D eigenvalue weighted by atomic mass is 9.86. The Labute approximate surface area is 287 Å². The van der Waals surface area contributed by atoms with Gasteiger partial charge in [-0.15, -0.1) is 0 Å². The highest BCUT2D eigenvalue weighted by atomic mass is 16.6. The number of aliphatic hydroxyl groups is 1. The molecule has 2 aromatic heterocycles. The number of benzene rings is 2. The van der Waals surface area contributed by atoms with Gasteiger partial charge in [-0.1, -0.05) is 31.2 Å². The second-order valence-electron chi connectivity index (χ2n) is 12.5. The number of fused-ring (bicyclic) bond motifs is 5. The number of aromatic nitrogens is 2. The van der Waals surface area contributed by atoms with Gasteiger partial charge in [0.05, 0.1) is 29.0 Å². The molecule has 0 fully saturated rings. The third-order valence-corrected chi connectivity index (χ3v) is 8.85. The van der Waals surface area contributed by atoms with E-state index in [0.29, 0.717) is 48.8 Å². The molecular weight excluding hydrogens is 644 g/mol. The maximum atomic E-state index is 13.6. The van der Waals surface area contributed by atoms with Gasteiger partial charge >= 0.3 is 12.1 Å². The molecule has 260 valence electrons. The van der Waals surface area contributed by atoms with Gasteiger partial charge in [-0.2, -0.15) is 0 Å². The summed E-state index contributed by atoms with van der Waals surface area (Å²) in [6, 6.07) is 14.6. The molecule has 0 unspecified atom stereocenters. The fraction of sp³-hybridized carbons (Fsp3) is 0.306. The maximum Gasteiger partial charge on any atom is 0.412 e. The lowest BCUT2D eigenvalue weighted by Crippen LogP contribution is -2.44. The molecule has 0 saturated carbocycles. The minimum atomic E-state index is -1.90. The number of hydrogen-bond donors (Lipinski definition) is 5. The molecule has 0 aliphatic carbocycles. The van der Waals surface area contributed by atoms with Crippen molar-refractivity contribution in [1.82, 2.24) is 30.6 Å². The summed E-state index contributed by atoms with van der Waals surface area (Å²) in [6.45, 7) is 3.55. The number of carbonyl (C=O) groups is 3. The van der Waals surface area contributed by atoms with E-state index in [9.17, 15) is 24.3 Å². The fourth-order valence-corrected chi connectivity index (χ4v) is 6.24. The lowest BCUT2D eigenvalue weighted by Gasteiger charge is -2.31. The minimum absolute atomic E-state index is 0.0604. The molecule has 0 saturated heterocycles. The van der Waals surface area contributed by atoms with Crippen molar-refractivity contribution in [3.8, 4) is 17.1 Å². The van der Waals surface area contributed by atoms with Gasteiger partial charge in [-0.05, 0) is 62.0 Å². The van der Waals surface area contributed by atoms with Crippen LogP contribution in [-0.4, -0.2) is 69.9 Å². The zero-order valence-electron chi connectivity index (χ0n) is 27.9. The predicted molar refractivity (Wildman–Crippen MR) is 183 cm³/mol. The van der Waals surface area contributed by atoms with Gasteiger partial charge in [-0.25, -0.2) is 20.1 Å². The van der Waals surface area contributed by atoms with Crippen molar-refractivity contribution in [2.75, 3.05) is 27.2 Å². The van der Waals surface area contributed by atoms with Crippen LogP contribution in [-0.2, 0) is 46.2 Å². The standard InChI is InChI=1S/C36H38N6O8/c1-4-36(47)27-16-29-32-23(18-42(29)33(44)26(27)20-49-34(36)45)15-24-25(19-41(2)3)30(11-10-28(24)39-32)50-35(46)38-14-13-37-17-22-7-5-21(6-8-22)9-12-31(43)40-48/h5-12,15-16,37,47-48H,4,13-14,17-20H2,1-3H3,(H,38,46)(H,40,43)/t36-/m0/s1. The fourth-order valence-electron chi connectivity index (χ4n) is 6.24. The summed E-state index contributed by atoms with van der Waals surface area (Å²) in [5.74, 6) is -0.992. The summed E-state index contributed by atoms with van der Waals surface area (Å²) >= 11 is 0. The number of nitrogens with zero attached hydrogens (tertiary/aromatic N) is 3. The molecule has 14 heteroatoms. The summed E-state index contributed by atoms with van der Waals surface area (Å²) in [7, 11) is 3.82. The maximum absolute atomic E-state index is 13.6. The molecule has 6 rings (SSSR count). The molecule has 4 heterocycles. The molecule has 4 aromatic rings. The van der Waals surface area contributed by atoms with E-state index < -0.39 is 23.6 Å². The van der Waals surface area contributed by atoms with Crippen molar-refractivity contribution in [3.63, 3.8) is 0 Å². The number of amides is 2. The highest BCUT2D eigenvalue weighted by Gasteiger charge is 2.45. The van der Waals surface area contributed by atoms with E-state index in [1.165, 1.54) is 6.08 Å². The number of pyridine rings is 2. The first-order chi connectivity index (χ1) is 24.0. The zero-order valence-corrected chi connectivity index (χ0v) is 27.9. The van der Waals surface area contributed by atoms with Crippen LogP contribution in [0.2, 0.25) is 0 Å². The Hall–Kier alpha value is -5.41. The average Bonchev–Trinajstić information content (AvgIpc) is 3.47. The van der Waals surface area contributed by atoms with E-state index in [-0.39, 0.29) is 36.3 Å². The number of nitrogens with one attached hydrogen (secondary N) is 3. The van der Waals surface area contributed by atoms with Crippen molar-refractivity contribution < 1.29 is 34.2 Å². The molecule has 5 N–H and O–H groups in total. The Balaban J connectivity index is 1.15. The van der Waals surface area contributed by atoms with E-state index in [2.05, 4.69) is 10.6 Å². The number of esters is 1. The smallest absolute Gasteiger partial charge is 0.412 e. The van der Waals surface area contributed by atoms with Crippen LogP contribution in [0.5, 0.6) is 5.75 Å². The summed E-state index contributed by atoms with van der Waals surface area (Å²) < 4.78 is 12.5. The second-order valence-corrected chi connectivity index (χ2v) is 12.5. The van der Waals surface area contributed by atoms with Crippen molar-refractivity contribution in [1.29, 1.82) is 0 Å².